The van der Waals surface area contributed by atoms with Crippen LogP contribution < -0.4 is 5.32 Å². The maximum Gasteiger partial charge on any atom is 0.222 e. The summed E-state index contributed by atoms with van der Waals surface area (Å²) in [6.07, 6.45) is 9.28. The van der Waals surface area contributed by atoms with Gasteiger partial charge in [-0.05, 0) is 31.4 Å². The summed E-state index contributed by atoms with van der Waals surface area (Å²) >= 11 is 1.67. The van der Waals surface area contributed by atoms with Crippen LogP contribution in [0.25, 0.3) is 0 Å². The lowest BCUT2D eigenvalue weighted by atomic mass is 10.2. The van der Waals surface area contributed by atoms with Crippen LogP contribution in [0.5, 0.6) is 0 Å². The van der Waals surface area contributed by atoms with Crippen molar-refractivity contribution in [3.05, 3.63) is 5.82 Å². The van der Waals surface area contributed by atoms with E-state index in [0.29, 0.717) is 38.1 Å². The van der Waals surface area contributed by atoms with Gasteiger partial charge in [-0.3, -0.25) is 4.79 Å². The van der Waals surface area contributed by atoms with Crippen LogP contribution in [-0.4, -0.2) is 46.7 Å². The number of carbonyl (C=O) groups is 1. The molecule has 0 aromatic carbocycles. The molecule has 1 amide bonds. The Bertz CT molecular complexity index is 527. The van der Waals surface area contributed by atoms with E-state index in [1.54, 1.807) is 11.8 Å². The highest BCUT2D eigenvalue weighted by atomic mass is 32.2. The molecule has 2 rings (SSSR count). The van der Waals surface area contributed by atoms with E-state index >= 15 is 0 Å². The van der Waals surface area contributed by atoms with Crippen molar-refractivity contribution in [3.8, 4) is 0 Å². The molecule has 25 heavy (non-hydrogen) atoms. The second-order valence-electron chi connectivity index (χ2n) is 7.08. The van der Waals surface area contributed by atoms with Gasteiger partial charge in [-0.1, -0.05) is 38.5 Å². The minimum atomic E-state index is 0.0609. The van der Waals surface area contributed by atoms with Crippen molar-refractivity contribution >= 4 is 17.7 Å². The molecule has 0 spiro atoms. The predicted octanol–water partition coefficient (Wildman–Crippen LogP) is 3.23. The van der Waals surface area contributed by atoms with Crippen molar-refractivity contribution in [2.24, 2.45) is 5.92 Å². The number of nitrogens with zero attached hydrogens (tertiary/aromatic N) is 3. The average molecular weight is 369 g/mol. The third-order valence-electron chi connectivity index (χ3n) is 4.43. The SMILES string of the molecule is CSc1nnc(CCCNC(=O)CCOCC(C)C)n1C1CCCC1. The predicted molar refractivity (Wildman–Crippen MR) is 101 cm³/mol. The van der Waals surface area contributed by atoms with Gasteiger partial charge in [0, 0.05) is 32.0 Å². The molecule has 1 N–H and O–H groups in total. The number of nitrogens with one attached hydrogen (secondary N) is 1. The van der Waals surface area contributed by atoms with Crippen LogP contribution in [0.2, 0.25) is 0 Å². The van der Waals surface area contributed by atoms with Crippen LogP contribution in [-0.2, 0) is 16.0 Å². The van der Waals surface area contributed by atoms with Crippen LogP contribution >= 0.6 is 11.8 Å². The topological polar surface area (TPSA) is 69.0 Å². The molecule has 1 aliphatic carbocycles. The molecule has 0 unspecified atom stereocenters. The molecule has 7 heteroatoms. The zero-order chi connectivity index (χ0) is 18.1. The van der Waals surface area contributed by atoms with Gasteiger partial charge in [0.15, 0.2) is 5.16 Å². The van der Waals surface area contributed by atoms with Gasteiger partial charge in [-0.15, -0.1) is 10.2 Å². The monoisotopic (exact) mass is 368 g/mol. The molecule has 0 saturated heterocycles. The maximum atomic E-state index is 11.8. The molecule has 1 saturated carbocycles. The molecule has 1 aromatic rings. The quantitative estimate of drug-likeness (QED) is 0.480. The Hall–Kier alpha value is -1.08. The molecule has 1 aromatic heterocycles. The van der Waals surface area contributed by atoms with E-state index in [1.807, 2.05) is 0 Å². The first-order valence-corrected chi connectivity index (χ1v) is 10.7. The molecule has 1 aliphatic rings. The summed E-state index contributed by atoms with van der Waals surface area (Å²) in [7, 11) is 0. The summed E-state index contributed by atoms with van der Waals surface area (Å²) in [5.74, 6) is 1.63. The molecule has 1 heterocycles. The zero-order valence-electron chi connectivity index (χ0n) is 15.8. The summed E-state index contributed by atoms with van der Waals surface area (Å²) in [5, 5.41) is 12.7. The molecule has 0 radical (unpaired) electrons. The van der Waals surface area contributed by atoms with Crippen molar-refractivity contribution in [1.82, 2.24) is 20.1 Å². The Balaban J connectivity index is 1.69. The fourth-order valence-corrected chi connectivity index (χ4v) is 3.77. The minimum Gasteiger partial charge on any atom is -0.381 e. The highest BCUT2D eigenvalue weighted by Crippen LogP contribution is 2.33. The van der Waals surface area contributed by atoms with Gasteiger partial charge in [-0.25, -0.2) is 0 Å². The number of thioether (sulfide) groups is 1. The van der Waals surface area contributed by atoms with E-state index in [-0.39, 0.29) is 5.91 Å². The Kier molecular flexibility index (Phi) is 8.75. The zero-order valence-corrected chi connectivity index (χ0v) is 16.6. The summed E-state index contributed by atoms with van der Waals surface area (Å²) in [5.41, 5.74) is 0. The van der Waals surface area contributed by atoms with Crippen molar-refractivity contribution in [1.29, 1.82) is 0 Å². The second-order valence-corrected chi connectivity index (χ2v) is 7.86. The first-order chi connectivity index (χ1) is 12.1. The maximum absolute atomic E-state index is 11.8. The Morgan fingerprint density at radius 1 is 1.36 bits per heavy atom. The molecule has 0 bridgehead atoms. The van der Waals surface area contributed by atoms with Crippen molar-refractivity contribution in [2.75, 3.05) is 26.0 Å². The van der Waals surface area contributed by atoms with Crippen LogP contribution in [0.1, 0.15) is 64.2 Å². The molecular formula is C18H32N4O2S. The number of aromatic nitrogens is 3. The van der Waals surface area contributed by atoms with Gasteiger partial charge in [0.25, 0.3) is 0 Å². The standard InChI is InChI=1S/C18H32N4O2S/c1-14(2)13-24-12-10-17(23)19-11-6-9-16-20-21-18(25-3)22(16)15-7-4-5-8-15/h14-15H,4-13H2,1-3H3,(H,19,23). The third kappa shape index (κ3) is 6.62. The summed E-state index contributed by atoms with van der Waals surface area (Å²) in [6.45, 7) is 6.09. The summed E-state index contributed by atoms with van der Waals surface area (Å²) in [6, 6.07) is 0.556. The Morgan fingerprint density at radius 3 is 2.80 bits per heavy atom. The number of aryl methyl sites for hydroxylation is 1. The van der Waals surface area contributed by atoms with Gasteiger partial charge in [0.2, 0.25) is 5.91 Å². The minimum absolute atomic E-state index is 0.0609. The number of rotatable bonds is 11. The van der Waals surface area contributed by atoms with E-state index in [4.69, 9.17) is 4.74 Å². The average Bonchev–Trinajstić information content (AvgIpc) is 3.24. The summed E-state index contributed by atoms with van der Waals surface area (Å²) in [4.78, 5) is 11.8. The van der Waals surface area contributed by atoms with E-state index in [2.05, 4.69) is 40.2 Å². The van der Waals surface area contributed by atoms with Crippen molar-refractivity contribution in [2.45, 2.75) is 70.0 Å². The van der Waals surface area contributed by atoms with E-state index in [0.717, 1.165) is 23.8 Å². The lowest BCUT2D eigenvalue weighted by Gasteiger charge is -2.16. The van der Waals surface area contributed by atoms with Crippen molar-refractivity contribution < 1.29 is 9.53 Å². The number of carbonyl (C=O) groups excluding carboxylic acids is 1. The van der Waals surface area contributed by atoms with Crippen LogP contribution in [0.15, 0.2) is 5.16 Å². The fourth-order valence-electron chi connectivity index (χ4n) is 3.19. The molecule has 0 atom stereocenters. The first kappa shape index (κ1) is 20.2. The highest BCUT2D eigenvalue weighted by molar-refractivity contribution is 7.98. The van der Waals surface area contributed by atoms with Gasteiger partial charge in [-0.2, -0.15) is 0 Å². The van der Waals surface area contributed by atoms with E-state index < -0.39 is 0 Å². The lowest BCUT2D eigenvalue weighted by molar-refractivity contribution is -0.122. The van der Waals surface area contributed by atoms with Crippen molar-refractivity contribution in [3.63, 3.8) is 0 Å². The smallest absolute Gasteiger partial charge is 0.222 e. The Morgan fingerprint density at radius 2 is 2.12 bits per heavy atom. The van der Waals surface area contributed by atoms with Crippen LogP contribution in [0.3, 0.4) is 0 Å². The normalized spacial score (nSPS) is 15.2. The van der Waals surface area contributed by atoms with E-state index in [1.165, 1.54) is 25.7 Å². The molecule has 142 valence electrons. The largest absolute Gasteiger partial charge is 0.381 e. The molecular weight excluding hydrogens is 336 g/mol. The van der Waals surface area contributed by atoms with E-state index in [9.17, 15) is 4.79 Å². The van der Waals surface area contributed by atoms with Gasteiger partial charge < -0.3 is 14.6 Å². The number of hydrogen-bond acceptors (Lipinski definition) is 5. The Labute approximate surface area is 155 Å². The first-order valence-electron chi connectivity index (χ1n) is 9.44. The number of hydrogen-bond donors (Lipinski definition) is 1. The second kappa shape index (κ2) is 10.8. The molecule has 6 nitrogen and oxygen atoms in total. The number of ether oxygens (including phenoxy) is 1. The molecule has 0 aliphatic heterocycles. The summed E-state index contributed by atoms with van der Waals surface area (Å²) < 4.78 is 7.78. The van der Waals surface area contributed by atoms with Gasteiger partial charge in [0.1, 0.15) is 5.82 Å². The van der Waals surface area contributed by atoms with Crippen LogP contribution in [0.4, 0.5) is 0 Å². The highest BCUT2D eigenvalue weighted by Gasteiger charge is 2.23. The van der Waals surface area contributed by atoms with Crippen LogP contribution in [0, 0.1) is 5.92 Å². The van der Waals surface area contributed by atoms with Gasteiger partial charge >= 0.3 is 0 Å². The molecule has 1 fully saturated rings. The van der Waals surface area contributed by atoms with Gasteiger partial charge in [0.05, 0.1) is 6.61 Å². The fraction of sp³-hybridized carbons (Fsp3) is 0.833. The number of amides is 1. The third-order valence-corrected chi connectivity index (χ3v) is 5.08. The lowest BCUT2D eigenvalue weighted by Crippen LogP contribution is -2.26.